The van der Waals surface area contributed by atoms with E-state index in [0.717, 1.165) is 0 Å². The fourth-order valence-corrected chi connectivity index (χ4v) is 0.208. The van der Waals surface area contributed by atoms with Gasteiger partial charge in [-0.3, -0.25) is 0 Å². The van der Waals surface area contributed by atoms with Gasteiger partial charge in [0.05, 0.1) is 0 Å². The zero-order valence-corrected chi connectivity index (χ0v) is 7.16. The minimum absolute atomic E-state index is 0. The van der Waals surface area contributed by atoms with Gasteiger partial charge in [-0.25, -0.2) is 0 Å². The molecule has 5 heteroatoms. The molecule has 0 saturated carbocycles. The van der Waals surface area contributed by atoms with Crippen molar-refractivity contribution in [2.24, 2.45) is 0 Å². The van der Waals surface area contributed by atoms with Gasteiger partial charge in [-0.1, -0.05) is 13.0 Å². The molecule has 2 N–H and O–H groups in total. The van der Waals surface area contributed by atoms with Crippen LogP contribution < -0.4 is 29.6 Å². The Kier molecular flexibility index (Phi) is 8.88. The fourth-order valence-electron chi connectivity index (χ4n) is 0.208. The van der Waals surface area contributed by atoms with Crippen molar-refractivity contribution in [2.75, 3.05) is 0 Å². The number of hydrogen-bond acceptors (Lipinski definition) is 3. The maximum Gasteiger partial charge on any atom is 1.00 e. The summed E-state index contributed by atoms with van der Waals surface area (Å²) in [5.41, 5.74) is 0. The first-order chi connectivity index (χ1) is 3.13. The molecule has 0 aromatic rings. The first kappa shape index (κ1) is 11.7. The Morgan fingerprint density at radius 1 is 1.62 bits per heavy atom. The van der Waals surface area contributed by atoms with Gasteiger partial charge in [0.1, 0.15) is 0 Å². The van der Waals surface area contributed by atoms with Crippen LogP contribution in [0.25, 0.3) is 0 Å². The van der Waals surface area contributed by atoms with Crippen LogP contribution >= 0.6 is 0 Å². The third-order valence-corrected chi connectivity index (χ3v) is 0.354. The van der Waals surface area contributed by atoms with E-state index in [2.05, 4.69) is 11.6 Å². The molecule has 0 bridgehead atoms. The van der Waals surface area contributed by atoms with Crippen molar-refractivity contribution in [1.29, 1.82) is 0 Å². The second-order valence-electron chi connectivity index (χ2n) is 1.27. The van der Waals surface area contributed by atoms with Crippen LogP contribution in [0.1, 0.15) is 6.92 Å². The van der Waals surface area contributed by atoms with Gasteiger partial charge < -0.3 is 21.6 Å². The van der Waals surface area contributed by atoms with E-state index < -0.39 is 7.32 Å². The van der Waals surface area contributed by atoms with Crippen LogP contribution in [0.2, 0.25) is 0 Å². The summed E-state index contributed by atoms with van der Waals surface area (Å²) in [7, 11) is -1.69. The Bertz CT molecular complexity index is 43.8. The molecule has 0 rings (SSSR count). The van der Waals surface area contributed by atoms with Crippen molar-refractivity contribution in [1.82, 2.24) is 0 Å². The molecule has 3 nitrogen and oxygen atoms in total. The average molecular weight is 126 g/mol. The molecule has 0 aliphatic rings. The van der Waals surface area contributed by atoms with Gasteiger partial charge in [-0.2, -0.15) is 0 Å². The molecule has 0 aliphatic heterocycles. The third-order valence-electron chi connectivity index (χ3n) is 0.354. The quantitative estimate of drug-likeness (QED) is 0.294. The Labute approximate surface area is 71.5 Å². The first-order valence-corrected chi connectivity index (χ1v) is 1.97. The van der Waals surface area contributed by atoms with E-state index in [1.165, 1.54) is 0 Å². The Morgan fingerprint density at radius 3 is 2.00 bits per heavy atom. The maximum atomic E-state index is 8.02. The largest absolute Gasteiger partial charge is 1.00 e. The van der Waals surface area contributed by atoms with Gasteiger partial charge >= 0.3 is 36.9 Å². The standard InChI is InChI=1S/C3H8BO3.Na/c1-3(2)7-4(5)6;/h3,5-6H,1H2,2H3;/q-1;+1. The first-order valence-electron chi connectivity index (χ1n) is 1.97. The predicted molar refractivity (Wildman–Crippen MR) is 26.1 cm³/mol. The van der Waals surface area contributed by atoms with Gasteiger partial charge in [0.2, 0.25) is 0 Å². The fraction of sp³-hybridized carbons (Fsp3) is 0.667. The molecule has 0 saturated heterocycles. The maximum absolute atomic E-state index is 8.02. The third kappa shape index (κ3) is 10.0. The van der Waals surface area contributed by atoms with Crippen molar-refractivity contribution in [3.8, 4) is 0 Å². The van der Waals surface area contributed by atoms with Crippen LogP contribution in [0, 0.1) is 6.92 Å². The van der Waals surface area contributed by atoms with Crippen molar-refractivity contribution >= 4 is 7.32 Å². The van der Waals surface area contributed by atoms with Crippen LogP contribution in [0.5, 0.6) is 0 Å². The van der Waals surface area contributed by atoms with Gasteiger partial charge in [-0.05, 0) is 0 Å². The van der Waals surface area contributed by atoms with Gasteiger partial charge in [0, 0.05) is 0 Å². The summed E-state index contributed by atoms with van der Waals surface area (Å²) < 4.78 is 4.25. The zero-order chi connectivity index (χ0) is 5.86. The van der Waals surface area contributed by atoms with Crippen molar-refractivity contribution < 1.29 is 44.3 Å². The van der Waals surface area contributed by atoms with Crippen LogP contribution in [-0.4, -0.2) is 23.5 Å². The normalized spacial score (nSPS) is 12.0. The molecule has 8 heavy (non-hydrogen) atoms. The summed E-state index contributed by atoms with van der Waals surface area (Å²) in [5.74, 6) is 0. The summed E-state index contributed by atoms with van der Waals surface area (Å²) in [6, 6.07) is 0. The molecular formula is C3H8BNaO3. The minimum Gasteiger partial charge on any atom is -0.415 e. The average Bonchev–Trinajstić information content (AvgIpc) is 1.27. The van der Waals surface area contributed by atoms with Gasteiger partial charge in [0.15, 0.2) is 0 Å². The Balaban J connectivity index is 0. The molecule has 0 aliphatic carbocycles. The van der Waals surface area contributed by atoms with Crippen LogP contribution in [0.15, 0.2) is 0 Å². The van der Waals surface area contributed by atoms with Crippen LogP contribution in [0.4, 0.5) is 0 Å². The molecule has 0 spiro atoms. The summed E-state index contributed by atoms with van der Waals surface area (Å²) in [4.78, 5) is 0. The van der Waals surface area contributed by atoms with Crippen LogP contribution in [0.3, 0.4) is 0 Å². The van der Waals surface area contributed by atoms with E-state index in [4.69, 9.17) is 10.0 Å². The summed E-state index contributed by atoms with van der Waals surface area (Å²) in [6.07, 6.45) is -0.375. The molecule has 0 heterocycles. The van der Waals surface area contributed by atoms with E-state index >= 15 is 0 Å². The topological polar surface area (TPSA) is 49.7 Å². The molecule has 1 unspecified atom stereocenters. The van der Waals surface area contributed by atoms with E-state index in [1.54, 1.807) is 6.92 Å². The van der Waals surface area contributed by atoms with Crippen LogP contribution in [-0.2, 0) is 4.65 Å². The molecule has 1 atom stereocenters. The summed E-state index contributed by atoms with van der Waals surface area (Å²) in [5, 5.41) is 16.0. The molecule has 0 aromatic heterocycles. The molecular weight excluding hydrogens is 118 g/mol. The summed E-state index contributed by atoms with van der Waals surface area (Å²) in [6.45, 7) is 4.95. The Hall–Kier alpha value is 0.945. The molecule has 0 aromatic carbocycles. The second kappa shape index (κ2) is 6.07. The smallest absolute Gasteiger partial charge is 0.415 e. The van der Waals surface area contributed by atoms with E-state index in [-0.39, 0.29) is 35.7 Å². The minimum atomic E-state index is -1.69. The molecule has 42 valence electrons. The predicted octanol–water partition coefficient (Wildman–Crippen LogP) is -3.80. The molecule has 0 fully saturated rings. The molecule has 0 radical (unpaired) electrons. The zero-order valence-electron chi connectivity index (χ0n) is 5.16. The van der Waals surface area contributed by atoms with Crippen molar-refractivity contribution in [3.63, 3.8) is 0 Å². The summed E-state index contributed by atoms with van der Waals surface area (Å²) >= 11 is 0. The molecule has 0 amide bonds. The monoisotopic (exact) mass is 126 g/mol. The van der Waals surface area contributed by atoms with Gasteiger partial charge in [0.25, 0.3) is 0 Å². The van der Waals surface area contributed by atoms with E-state index in [0.29, 0.717) is 0 Å². The van der Waals surface area contributed by atoms with E-state index in [9.17, 15) is 0 Å². The van der Waals surface area contributed by atoms with Crippen molar-refractivity contribution in [3.05, 3.63) is 6.92 Å². The van der Waals surface area contributed by atoms with Crippen molar-refractivity contribution in [2.45, 2.75) is 13.0 Å². The second-order valence-corrected chi connectivity index (χ2v) is 1.27. The number of hydrogen-bond donors (Lipinski definition) is 2. The SMILES string of the molecule is [CH2-]C(C)OB(O)O.[Na+]. The number of rotatable bonds is 2. The van der Waals surface area contributed by atoms with E-state index in [1.807, 2.05) is 0 Å². The van der Waals surface area contributed by atoms with Gasteiger partial charge in [-0.15, -0.1) is 0 Å². The Morgan fingerprint density at radius 2 is 2.00 bits per heavy atom.